The van der Waals surface area contributed by atoms with Gasteiger partial charge in [-0.1, -0.05) is 0 Å². The van der Waals surface area contributed by atoms with Crippen LogP contribution in [-0.4, -0.2) is 25.2 Å². The van der Waals surface area contributed by atoms with Gasteiger partial charge in [0.25, 0.3) is 0 Å². The molecule has 0 radical (unpaired) electrons. The summed E-state index contributed by atoms with van der Waals surface area (Å²) in [5.74, 6) is 0. The van der Waals surface area contributed by atoms with Gasteiger partial charge in [0.2, 0.25) is 6.04 Å². The van der Waals surface area contributed by atoms with E-state index in [-0.39, 0.29) is 6.04 Å². The summed E-state index contributed by atoms with van der Waals surface area (Å²) < 4.78 is 1.92. The monoisotopic (exact) mass is 245 g/mol. The number of aromatic amines is 1. The second kappa shape index (κ2) is 3.51. The topological polar surface area (TPSA) is 63.3 Å². The Morgan fingerprint density at radius 1 is 1.06 bits per heavy atom. The van der Waals surface area contributed by atoms with Gasteiger partial charge in [0.1, 0.15) is 5.52 Å². The number of benzene rings is 1. The van der Waals surface area contributed by atoms with Gasteiger partial charge in [-0.25, -0.2) is 5.21 Å². The highest BCUT2D eigenvalue weighted by molar-refractivity contribution is 5.98. The van der Waals surface area contributed by atoms with Crippen LogP contribution in [0.1, 0.15) is 31.0 Å². The van der Waals surface area contributed by atoms with Gasteiger partial charge in [-0.2, -0.15) is 5.10 Å². The molecule has 0 saturated carbocycles. The summed E-state index contributed by atoms with van der Waals surface area (Å²) in [5, 5.41) is 16.5. The van der Waals surface area contributed by atoms with Crippen molar-refractivity contribution in [1.29, 1.82) is 0 Å². The fourth-order valence-electron chi connectivity index (χ4n) is 2.36. The van der Waals surface area contributed by atoms with Crippen LogP contribution in [0.3, 0.4) is 0 Å². The molecule has 0 spiro atoms. The number of nitrogens with one attached hydrogen (secondary N) is 1. The second-order valence-electron chi connectivity index (χ2n) is 5.03. The number of aromatic nitrogens is 6. The third kappa shape index (κ3) is 1.28. The van der Waals surface area contributed by atoms with E-state index >= 15 is 0 Å². The smallest absolute Gasteiger partial charge is 0.207 e. The minimum atomic E-state index is 0.263. The average molecular weight is 245 g/mol. The molecule has 6 nitrogen and oxygen atoms in total. The summed E-state index contributed by atoms with van der Waals surface area (Å²) >= 11 is 0. The van der Waals surface area contributed by atoms with Crippen molar-refractivity contribution in [1.82, 2.24) is 25.2 Å². The molecule has 0 aliphatic carbocycles. The molecular weight excluding hydrogens is 228 g/mol. The van der Waals surface area contributed by atoms with Gasteiger partial charge in [-0.15, -0.1) is 0 Å². The van der Waals surface area contributed by atoms with Crippen LogP contribution in [0.2, 0.25) is 0 Å². The van der Waals surface area contributed by atoms with Crippen molar-refractivity contribution < 1.29 is 4.80 Å². The molecule has 0 bridgehead atoms. The van der Waals surface area contributed by atoms with Crippen molar-refractivity contribution in [3.05, 3.63) is 11.1 Å². The van der Waals surface area contributed by atoms with Crippen LogP contribution in [0.15, 0.2) is 0 Å². The van der Waals surface area contributed by atoms with E-state index in [1.807, 2.05) is 18.7 Å². The van der Waals surface area contributed by atoms with Crippen molar-refractivity contribution in [2.75, 3.05) is 0 Å². The lowest BCUT2D eigenvalue weighted by atomic mass is 10.1. The highest BCUT2D eigenvalue weighted by Gasteiger charge is 2.23. The van der Waals surface area contributed by atoms with E-state index in [2.05, 4.69) is 41.3 Å². The van der Waals surface area contributed by atoms with Crippen molar-refractivity contribution in [3.63, 3.8) is 0 Å². The van der Waals surface area contributed by atoms with Crippen LogP contribution in [0.5, 0.6) is 0 Å². The lowest BCUT2D eigenvalue weighted by molar-refractivity contribution is -0.816. The molecule has 0 saturated heterocycles. The normalized spacial score (nSPS) is 12.1. The molecule has 94 valence electrons. The van der Waals surface area contributed by atoms with Crippen molar-refractivity contribution >= 4 is 22.1 Å². The molecule has 0 unspecified atom stereocenters. The van der Waals surface area contributed by atoms with E-state index in [4.69, 9.17) is 0 Å². The molecular formula is C12H17N6+. The van der Waals surface area contributed by atoms with E-state index in [1.54, 1.807) is 4.80 Å². The Labute approximate surface area is 105 Å². The van der Waals surface area contributed by atoms with Crippen molar-refractivity contribution in [2.45, 2.75) is 33.7 Å². The summed E-state index contributed by atoms with van der Waals surface area (Å²) in [4.78, 5) is 1.77. The van der Waals surface area contributed by atoms with Gasteiger partial charge >= 0.3 is 0 Å². The number of hydrogen-bond acceptors (Lipinski definition) is 3. The minimum absolute atomic E-state index is 0.263. The number of H-pyrrole nitrogens is 1. The molecule has 3 aromatic rings. The number of nitrogens with zero attached hydrogens (tertiary/aromatic N) is 5. The van der Waals surface area contributed by atoms with Crippen LogP contribution in [0, 0.1) is 13.8 Å². The maximum Gasteiger partial charge on any atom is 0.207 e. The molecule has 0 aliphatic rings. The summed E-state index contributed by atoms with van der Waals surface area (Å²) in [5.41, 5.74) is 6.17. The molecule has 6 heteroatoms. The largest absolute Gasteiger partial charge is 0.273 e. The molecule has 2 aromatic heterocycles. The van der Waals surface area contributed by atoms with Gasteiger partial charge < -0.3 is 0 Å². The second-order valence-corrected chi connectivity index (χ2v) is 5.03. The molecule has 0 aliphatic heterocycles. The van der Waals surface area contributed by atoms with E-state index < -0.39 is 0 Å². The average Bonchev–Trinajstić information content (AvgIpc) is 2.90. The van der Waals surface area contributed by atoms with E-state index in [0.717, 1.165) is 33.2 Å². The molecule has 0 fully saturated rings. The fraction of sp³-hybridized carbons (Fsp3) is 0.500. The summed E-state index contributed by atoms with van der Waals surface area (Å²) in [6.07, 6.45) is 0. The Hall–Kier alpha value is -1.98. The first-order valence-corrected chi connectivity index (χ1v) is 6.10. The van der Waals surface area contributed by atoms with Crippen LogP contribution < -0.4 is 4.80 Å². The molecule has 0 amide bonds. The molecule has 3 rings (SSSR count). The number of rotatable bonds is 1. The quantitative estimate of drug-likeness (QED) is 0.658. The first kappa shape index (κ1) is 11.1. The Morgan fingerprint density at radius 3 is 2.28 bits per heavy atom. The molecule has 1 aromatic carbocycles. The van der Waals surface area contributed by atoms with E-state index in [0.29, 0.717) is 0 Å². The highest BCUT2D eigenvalue weighted by Crippen LogP contribution is 2.27. The third-order valence-electron chi connectivity index (χ3n) is 3.38. The molecule has 2 heterocycles. The van der Waals surface area contributed by atoms with Crippen LogP contribution in [0.25, 0.3) is 22.1 Å². The summed E-state index contributed by atoms with van der Waals surface area (Å²) in [7, 11) is 1.96. The van der Waals surface area contributed by atoms with Crippen LogP contribution in [0.4, 0.5) is 0 Å². The lowest BCUT2D eigenvalue weighted by Crippen LogP contribution is -2.40. The lowest BCUT2D eigenvalue weighted by Gasteiger charge is -2.00. The fourth-order valence-corrected chi connectivity index (χ4v) is 2.36. The van der Waals surface area contributed by atoms with Gasteiger partial charge in [-0.3, -0.25) is 4.68 Å². The van der Waals surface area contributed by atoms with Gasteiger partial charge in [0, 0.05) is 47.0 Å². The van der Waals surface area contributed by atoms with Gasteiger partial charge in [0.05, 0.1) is 5.52 Å². The zero-order valence-corrected chi connectivity index (χ0v) is 11.3. The maximum atomic E-state index is 4.59. The van der Waals surface area contributed by atoms with Crippen LogP contribution in [-0.2, 0) is 7.05 Å². The van der Waals surface area contributed by atoms with Gasteiger partial charge in [-0.05, 0) is 13.8 Å². The molecule has 18 heavy (non-hydrogen) atoms. The zero-order valence-electron chi connectivity index (χ0n) is 11.3. The van der Waals surface area contributed by atoms with Crippen molar-refractivity contribution in [3.8, 4) is 0 Å². The number of fused-ring (bicyclic) bond motifs is 2. The highest BCUT2D eigenvalue weighted by atomic mass is 15.5. The first-order valence-electron chi connectivity index (χ1n) is 6.10. The standard InChI is InChI=1S/C12H16N6/c1-6(2)18-14-9-7(3)11-12(17(5)16-13-11)8(4)10(9)15-18/h6H,1-5H3/p+1. The Balaban J connectivity index is 2.51. The Kier molecular flexibility index (Phi) is 2.17. The SMILES string of the molecule is Cc1c2n[n+](C(C)C)nc2c(C)c2c1n[nH]n2C. The third-order valence-corrected chi connectivity index (χ3v) is 3.38. The predicted molar refractivity (Wildman–Crippen MR) is 68.2 cm³/mol. The minimum Gasteiger partial charge on any atom is -0.273 e. The van der Waals surface area contributed by atoms with Crippen molar-refractivity contribution in [2.24, 2.45) is 7.05 Å². The number of aryl methyl sites for hydroxylation is 3. The number of hydrogen-bond donors (Lipinski definition) is 1. The zero-order chi connectivity index (χ0) is 13.0. The van der Waals surface area contributed by atoms with E-state index in [9.17, 15) is 0 Å². The summed E-state index contributed by atoms with van der Waals surface area (Å²) in [6, 6.07) is 0.263. The molecule has 0 atom stereocenters. The van der Waals surface area contributed by atoms with Gasteiger partial charge in [0.15, 0.2) is 11.0 Å². The van der Waals surface area contributed by atoms with E-state index in [1.165, 1.54) is 0 Å². The van der Waals surface area contributed by atoms with Crippen LogP contribution >= 0.6 is 0 Å². The summed E-state index contributed by atoms with van der Waals surface area (Å²) in [6.45, 7) is 8.27. The Bertz CT molecular complexity index is 749. The molecule has 1 N–H and O–H groups in total. The maximum absolute atomic E-state index is 4.59. The Morgan fingerprint density at radius 2 is 1.67 bits per heavy atom. The first-order chi connectivity index (χ1) is 8.50. The predicted octanol–water partition coefficient (Wildman–Crippen LogP) is 1.33.